The number of aliphatic hydroxyl groups excluding tert-OH is 1. The van der Waals surface area contributed by atoms with Crippen LogP contribution in [0.2, 0.25) is 0 Å². The van der Waals surface area contributed by atoms with E-state index in [2.05, 4.69) is 17.0 Å². The second-order valence-corrected chi connectivity index (χ2v) is 6.40. The quantitative estimate of drug-likeness (QED) is 0.665. The van der Waals surface area contributed by atoms with E-state index in [1.165, 1.54) is 5.56 Å². The summed E-state index contributed by atoms with van der Waals surface area (Å²) in [7, 11) is 0. The minimum atomic E-state index is -0.684. The first-order valence-electron chi connectivity index (χ1n) is 8.89. The van der Waals surface area contributed by atoms with Gasteiger partial charge < -0.3 is 14.6 Å². The highest BCUT2D eigenvalue weighted by Gasteiger charge is 2.21. The van der Waals surface area contributed by atoms with Crippen molar-refractivity contribution in [2.45, 2.75) is 51.4 Å². The Labute approximate surface area is 144 Å². The van der Waals surface area contributed by atoms with Gasteiger partial charge in [0.1, 0.15) is 12.7 Å². The second kappa shape index (κ2) is 10.4. The van der Waals surface area contributed by atoms with Crippen LogP contribution < -0.4 is 0 Å². The number of carbonyl (C=O) groups excluding carboxylic acids is 1. The number of aliphatic hydroxyl groups is 1. The van der Waals surface area contributed by atoms with Gasteiger partial charge in [-0.25, -0.2) is 0 Å². The molecule has 2 atom stereocenters. The van der Waals surface area contributed by atoms with Crippen LogP contribution in [0.3, 0.4) is 0 Å². The van der Waals surface area contributed by atoms with Gasteiger partial charge in [-0.15, -0.1) is 0 Å². The van der Waals surface area contributed by atoms with Gasteiger partial charge in [-0.2, -0.15) is 0 Å². The molecule has 1 aromatic carbocycles. The predicted molar refractivity (Wildman–Crippen MR) is 92.6 cm³/mol. The van der Waals surface area contributed by atoms with Crippen LogP contribution in [0.25, 0.3) is 0 Å². The van der Waals surface area contributed by atoms with E-state index in [1.807, 2.05) is 25.1 Å². The van der Waals surface area contributed by atoms with E-state index in [-0.39, 0.29) is 18.7 Å². The molecule has 2 rings (SSSR count). The van der Waals surface area contributed by atoms with Gasteiger partial charge in [0.15, 0.2) is 0 Å². The number of benzene rings is 1. The molecule has 0 amide bonds. The molecule has 1 heterocycles. The first-order chi connectivity index (χ1) is 11.7. The molecular weight excluding hydrogens is 306 g/mol. The number of ether oxygens (including phenoxy) is 2. The van der Waals surface area contributed by atoms with Gasteiger partial charge >= 0.3 is 5.97 Å². The summed E-state index contributed by atoms with van der Waals surface area (Å²) in [6.07, 6.45) is 2.86. The van der Waals surface area contributed by atoms with Crippen molar-refractivity contribution in [1.29, 1.82) is 0 Å². The van der Waals surface area contributed by atoms with E-state index in [1.54, 1.807) is 0 Å². The Morgan fingerprint density at radius 1 is 1.42 bits per heavy atom. The first kappa shape index (κ1) is 18.9. The summed E-state index contributed by atoms with van der Waals surface area (Å²) in [5.74, 6) is -0.245. The van der Waals surface area contributed by atoms with Crippen molar-refractivity contribution < 1.29 is 19.4 Å². The fourth-order valence-corrected chi connectivity index (χ4v) is 2.94. The lowest BCUT2D eigenvalue weighted by molar-refractivity contribution is -0.147. The maximum Gasteiger partial charge on any atom is 0.305 e. The van der Waals surface area contributed by atoms with Crippen LogP contribution in [0.1, 0.15) is 38.2 Å². The molecule has 0 aliphatic carbocycles. The van der Waals surface area contributed by atoms with E-state index in [0.717, 1.165) is 39.0 Å². The zero-order valence-corrected chi connectivity index (χ0v) is 14.5. The molecule has 134 valence electrons. The summed E-state index contributed by atoms with van der Waals surface area (Å²) < 4.78 is 10.8. The lowest BCUT2D eigenvalue weighted by Crippen LogP contribution is -2.39. The summed E-state index contributed by atoms with van der Waals surface area (Å²) in [4.78, 5) is 13.6. The maximum absolute atomic E-state index is 11.4. The van der Waals surface area contributed by atoms with Gasteiger partial charge in [-0.3, -0.25) is 9.69 Å². The largest absolute Gasteiger partial charge is 0.463 e. The maximum atomic E-state index is 11.4. The molecule has 1 fully saturated rings. The van der Waals surface area contributed by atoms with Crippen molar-refractivity contribution in [3.8, 4) is 0 Å². The number of carbonyl (C=O) groups is 1. The van der Waals surface area contributed by atoms with Gasteiger partial charge in [-0.05, 0) is 24.8 Å². The van der Waals surface area contributed by atoms with Crippen molar-refractivity contribution in [2.24, 2.45) is 0 Å². The summed E-state index contributed by atoms with van der Waals surface area (Å²) in [6, 6.07) is 10.2. The minimum Gasteiger partial charge on any atom is -0.463 e. The predicted octanol–water partition coefficient (Wildman–Crippen LogP) is 2.37. The van der Waals surface area contributed by atoms with Crippen LogP contribution >= 0.6 is 0 Å². The van der Waals surface area contributed by atoms with E-state index < -0.39 is 6.10 Å². The monoisotopic (exact) mass is 335 g/mol. The normalized spacial score (nSPS) is 18.7. The van der Waals surface area contributed by atoms with Crippen molar-refractivity contribution in [2.75, 3.05) is 26.3 Å². The molecule has 24 heavy (non-hydrogen) atoms. The third-order valence-electron chi connectivity index (χ3n) is 4.09. The van der Waals surface area contributed by atoms with Crippen molar-refractivity contribution >= 4 is 5.97 Å². The van der Waals surface area contributed by atoms with Crippen molar-refractivity contribution in [3.63, 3.8) is 0 Å². The van der Waals surface area contributed by atoms with Gasteiger partial charge in [0.25, 0.3) is 0 Å². The molecule has 5 nitrogen and oxygen atoms in total. The molecule has 1 N–H and O–H groups in total. The third kappa shape index (κ3) is 6.99. The van der Waals surface area contributed by atoms with Crippen molar-refractivity contribution in [3.05, 3.63) is 35.9 Å². The topological polar surface area (TPSA) is 59.0 Å². The molecule has 0 radical (unpaired) electrons. The number of hydrogen-bond acceptors (Lipinski definition) is 5. The Morgan fingerprint density at radius 2 is 2.21 bits per heavy atom. The summed E-state index contributed by atoms with van der Waals surface area (Å²) >= 11 is 0. The van der Waals surface area contributed by atoms with Crippen LogP contribution in [-0.4, -0.2) is 54.5 Å². The zero-order valence-electron chi connectivity index (χ0n) is 14.5. The summed E-state index contributed by atoms with van der Waals surface area (Å²) in [5, 5.41) is 10.2. The Hall–Kier alpha value is -1.43. The van der Waals surface area contributed by atoms with Gasteiger partial charge in [0.05, 0.1) is 6.10 Å². The standard InChI is InChI=1S/C19H29NO4/c1-2-7-19(22)24-15-17(21)13-20(14-18-10-6-11-23-18)12-16-8-4-3-5-9-16/h3-5,8-9,17-18,21H,2,6-7,10-15H2,1H3. The highest BCUT2D eigenvalue weighted by atomic mass is 16.5. The molecule has 1 aliphatic heterocycles. The van der Waals surface area contributed by atoms with E-state index >= 15 is 0 Å². The number of nitrogens with zero attached hydrogens (tertiary/aromatic N) is 1. The summed E-state index contributed by atoms with van der Waals surface area (Å²) in [6.45, 7) is 4.81. The number of rotatable bonds is 10. The molecule has 1 aromatic rings. The SMILES string of the molecule is CCCC(=O)OCC(O)CN(Cc1ccccc1)CC1CCCO1. The lowest BCUT2D eigenvalue weighted by atomic mass is 10.1. The lowest BCUT2D eigenvalue weighted by Gasteiger charge is -2.27. The highest BCUT2D eigenvalue weighted by molar-refractivity contribution is 5.69. The Kier molecular flexibility index (Phi) is 8.22. The fourth-order valence-electron chi connectivity index (χ4n) is 2.94. The van der Waals surface area contributed by atoms with Crippen LogP contribution in [-0.2, 0) is 20.8 Å². The Balaban J connectivity index is 1.85. The third-order valence-corrected chi connectivity index (χ3v) is 4.09. The smallest absolute Gasteiger partial charge is 0.305 e. The molecular formula is C19H29NO4. The van der Waals surface area contributed by atoms with Crippen LogP contribution in [0.5, 0.6) is 0 Å². The molecule has 2 unspecified atom stereocenters. The zero-order chi connectivity index (χ0) is 17.2. The highest BCUT2D eigenvalue weighted by Crippen LogP contribution is 2.15. The second-order valence-electron chi connectivity index (χ2n) is 6.40. The van der Waals surface area contributed by atoms with E-state index in [9.17, 15) is 9.90 Å². The molecule has 0 saturated carbocycles. The van der Waals surface area contributed by atoms with Crippen LogP contribution in [0.4, 0.5) is 0 Å². The number of hydrogen-bond donors (Lipinski definition) is 1. The first-order valence-corrected chi connectivity index (χ1v) is 8.89. The Morgan fingerprint density at radius 3 is 2.88 bits per heavy atom. The molecule has 1 aliphatic rings. The Bertz CT molecular complexity index is 474. The summed E-state index contributed by atoms with van der Waals surface area (Å²) in [5.41, 5.74) is 1.20. The molecule has 0 bridgehead atoms. The average molecular weight is 335 g/mol. The van der Waals surface area contributed by atoms with E-state index in [4.69, 9.17) is 9.47 Å². The van der Waals surface area contributed by atoms with Gasteiger partial charge in [-0.1, -0.05) is 37.3 Å². The van der Waals surface area contributed by atoms with Gasteiger partial charge in [0, 0.05) is 32.7 Å². The minimum absolute atomic E-state index is 0.0512. The van der Waals surface area contributed by atoms with Crippen LogP contribution in [0, 0.1) is 0 Å². The molecule has 5 heteroatoms. The van der Waals surface area contributed by atoms with Gasteiger partial charge in [0.2, 0.25) is 0 Å². The van der Waals surface area contributed by atoms with E-state index in [0.29, 0.717) is 13.0 Å². The molecule has 0 spiro atoms. The average Bonchev–Trinajstić information content (AvgIpc) is 3.07. The molecule has 1 saturated heterocycles. The fraction of sp³-hybridized carbons (Fsp3) is 0.632. The molecule has 0 aromatic heterocycles. The van der Waals surface area contributed by atoms with Crippen molar-refractivity contribution in [1.82, 2.24) is 4.90 Å². The number of esters is 1. The van der Waals surface area contributed by atoms with Crippen LogP contribution in [0.15, 0.2) is 30.3 Å².